The fourth-order valence-corrected chi connectivity index (χ4v) is 2.82. The van der Waals surface area contributed by atoms with Crippen molar-refractivity contribution in [1.29, 1.82) is 0 Å². The van der Waals surface area contributed by atoms with Crippen LogP contribution in [0.25, 0.3) is 5.69 Å². The van der Waals surface area contributed by atoms with E-state index in [1.54, 1.807) is 7.11 Å². The molecule has 0 N–H and O–H groups in total. The lowest BCUT2D eigenvalue weighted by molar-refractivity contribution is 0.196. The second kappa shape index (κ2) is 8.57. The standard InChI is InChI=1S/C17H23Cl2N3O/c1-4-9-21-12-13(2)22(17(21)20-8-5-10-23-3)14-6-7-15(18)16(19)11-14/h6-7,11-12H,4-5,8-10H2,1-3H3. The lowest BCUT2D eigenvalue weighted by Crippen LogP contribution is -2.26. The Morgan fingerprint density at radius 1 is 1.22 bits per heavy atom. The molecule has 1 heterocycles. The Morgan fingerprint density at radius 3 is 2.65 bits per heavy atom. The van der Waals surface area contributed by atoms with Gasteiger partial charge in [-0.3, -0.25) is 9.56 Å². The molecule has 2 rings (SSSR count). The van der Waals surface area contributed by atoms with Gasteiger partial charge in [-0.2, -0.15) is 0 Å². The van der Waals surface area contributed by atoms with Gasteiger partial charge in [0.15, 0.2) is 0 Å². The quantitative estimate of drug-likeness (QED) is 0.683. The maximum absolute atomic E-state index is 6.18. The molecule has 0 amide bonds. The van der Waals surface area contributed by atoms with Gasteiger partial charge < -0.3 is 9.30 Å². The number of imidazole rings is 1. The van der Waals surface area contributed by atoms with Crippen LogP contribution in [-0.4, -0.2) is 29.4 Å². The topological polar surface area (TPSA) is 31.4 Å². The summed E-state index contributed by atoms with van der Waals surface area (Å²) in [5.41, 5.74) is 3.01. The second-order valence-electron chi connectivity index (χ2n) is 5.43. The van der Waals surface area contributed by atoms with E-state index in [2.05, 4.69) is 29.2 Å². The third-order valence-corrected chi connectivity index (χ3v) is 4.28. The van der Waals surface area contributed by atoms with Crippen LogP contribution < -0.4 is 5.62 Å². The molecule has 0 unspecified atom stereocenters. The van der Waals surface area contributed by atoms with Gasteiger partial charge in [-0.15, -0.1) is 0 Å². The third kappa shape index (κ3) is 4.40. The summed E-state index contributed by atoms with van der Waals surface area (Å²) < 4.78 is 9.40. The van der Waals surface area contributed by atoms with Crippen LogP contribution >= 0.6 is 23.2 Å². The molecule has 23 heavy (non-hydrogen) atoms. The first kappa shape index (κ1) is 18.1. The van der Waals surface area contributed by atoms with Crippen LogP contribution in [0.4, 0.5) is 0 Å². The molecule has 0 atom stereocenters. The molecule has 1 aromatic heterocycles. The van der Waals surface area contributed by atoms with E-state index in [1.807, 2.05) is 18.2 Å². The van der Waals surface area contributed by atoms with Crippen LogP contribution in [0.5, 0.6) is 0 Å². The van der Waals surface area contributed by atoms with Crippen molar-refractivity contribution in [2.75, 3.05) is 20.3 Å². The molecule has 6 heteroatoms. The Balaban J connectivity index is 2.50. The van der Waals surface area contributed by atoms with E-state index in [0.29, 0.717) is 16.7 Å². The summed E-state index contributed by atoms with van der Waals surface area (Å²) in [7, 11) is 1.71. The van der Waals surface area contributed by atoms with E-state index in [9.17, 15) is 0 Å². The first-order valence-electron chi connectivity index (χ1n) is 7.82. The zero-order valence-electron chi connectivity index (χ0n) is 13.9. The van der Waals surface area contributed by atoms with E-state index in [-0.39, 0.29) is 0 Å². The van der Waals surface area contributed by atoms with Crippen molar-refractivity contribution in [2.45, 2.75) is 33.2 Å². The maximum Gasteiger partial charge on any atom is 0.209 e. The van der Waals surface area contributed by atoms with Crippen LogP contribution in [-0.2, 0) is 11.3 Å². The minimum atomic E-state index is 0.546. The number of aromatic nitrogens is 2. The van der Waals surface area contributed by atoms with Crippen molar-refractivity contribution in [3.8, 4) is 5.69 Å². The summed E-state index contributed by atoms with van der Waals surface area (Å²) in [4.78, 5) is 4.78. The maximum atomic E-state index is 6.18. The van der Waals surface area contributed by atoms with Crippen molar-refractivity contribution in [3.63, 3.8) is 0 Å². The average Bonchev–Trinajstić information content (AvgIpc) is 2.83. The zero-order chi connectivity index (χ0) is 16.8. The highest BCUT2D eigenvalue weighted by Gasteiger charge is 2.10. The minimum absolute atomic E-state index is 0.546. The van der Waals surface area contributed by atoms with Crippen LogP contribution in [0.1, 0.15) is 25.5 Å². The Morgan fingerprint density at radius 2 is 2.00 bits per heavy atom. The predicted molar refractivity (Wildman–Crippen MR) is 95.7 cm³/mol. The Bertz CT molecular complexity index is 719. The van der Waals surface area contributed by atoms with Crippen molar-refractivity contribution in [2.24, 2.45) is 4.99 Å². The van der Waals surface area contributed by atoms with Gasteiger partial charge in [-0.05, 0) is 38.0 Å². The highest BCUT2D eigenvalue weighted by Crippen LogP contribution is 2.24. The summed E-state index contributed by atoms with van der Waals surface area (Å²) in [5.74, 6) is 0. The predicted octanol–water partition coefficient (Wildman–Crippen LogP) is 4.24. The van der Waals surface area contributed by atoms with Crippen LogP contribution in [0, 0.1) is 6.92 Å². The second-order valence-corrected chi connectivity index (χ2v) is 6.24. The first-order chi connectivity index (χ1) is 11.1. The Hall–Kier alpha value is -1.23. The van der Waals surface area contributed by atoms with E-state index >= 15 is 0 Å². The fraction of sp³-hybridized carbons (Fsp3) is 0.471. The molecule has 1 aromatic carbocycles. The van der Waals surface area contributed by atoms with Gasteiger partial charge in [-0.1, -0.05) is 30.1 Å². The van der Waals surface area contributed by atoms with Crippen molar-refractivity contribution in [3.05, 3.63) is 45.8 Å². The molecule has 0 saturated heterocycles. The molecule has 4 nitrogen and oxygen atoms in total. The van der Waals surface area contributed by atoms with Gasteiger partial charge in [0.2, 0.25) is 5.62 Å². The summed E-state index contributed by atoms with van der Waals surface area (Å²) in [6.07, 6.45) is 4.07. The highest BCUT2D eigenvalue weighted by atomic mass is 35.5. The summed E-state index contributed by atoms with van der Waals surface area (Å²) in [6.45, 7) is 6.60. The highest BCUT2D eigenvalue weighted by molar-refractivity contribution is 6.42. The number of benzene rings is 1. The average molecular weight is 356 g/mol. The smallest absolute Gasteiger partial charge is 0.209 e. The number of hydrogen-bond acceptors (Lipinski definition) is 2. The number of rotatable bonds is 7. The van der Waals surface area contributed by atoms with Crippen LogP contribution in [0.3, 0.4) is 0 Å². The molecule has 0 spiro atoms. The number of halogens is 2. The number of aryl methyl sites for hydroxylation is 2. The monoisotopic (exact) mass is 355 g/mol. The van der Waals surface area contributed by atoms with Gasteiger partial charge in [0.25, 0.3) is 0 Å². The van der Waals surface area contributed by atoms with Gasteiger partial charge in [0.05, 0.1) is 15.7 Å². The van der Waals surface area contributed by atoms with Crippen molar-refractivity contribution < 1.29 is 4.74 Å². The Kier molecular flexibility index (Phi) is 6.75. The van der Waals surface area contributed by atoms with E-state index in [1.165, 1.54) is 0 Å². The molecule has 0 saturated carbocycles. The number of methoxy groups -OCH3 is 1. The molecule has 126 valence electrons. The molecule has 0 aliphatic carbocycles. The lowest BCUT2D eigenvalue weighted by Gasteiger charge is -2.08. The molecule has 0 bridgehead atoms. The summed E-state index contributed by atoms with van der Waals surface area (Å²) >= 11 is 12.2. The lowest BCUT2D eigenvalue weighted by atomic mass is 10.3. The molecule has 0 radical (unpaired) electrons. The van der Waals surface area contributed by atoms with Gasteiger partial charge in [0, 0.05) is 38.7 Å². The van der Waals surface area contributed by atoms with Gasteiger partial charge >= 0.3 is 0 Å². The largest absolute Gasteiger partial charge is 0.385 e. The number of nitrogens with zero attached hydrogens (tertiary/aromatic N) is 3. The number of ether oxygens (including phenoxy) is 1. The fourth-order valence-electron chi connectivity index (χ4n) is 2.53. The molecule has 2 aromatic rings. The van der Waals surface area contributed by atoms with Gasteiger partial charge in [-0.25, -0.2) is 0 Å². The van der Waals surface area contributed by atoms with Crippen LogP contribution in [0.2, 0.25) is 10.0 Å². The molecule has 0 aliphatic rings. The summed E-state index contributed by atoms with van der Waals surface area (Å²) in [5, 5.41) is 1.10. The third-order valence-electron chi connectivity index (χ3n) is 3.54. The van der Waals surface area contributed by atoms with E-state index in [0.717, 1.165) is 42.9 Å². The molecular formula is C17H23Cl2N3O. The molecular weight excluding hydrogens is 333 g/mol. The van der Waals surface area contributed by atoms with E-state index < -0.39 is 0 Å². The first-order valence-corrected chi connectivity index (χ1v) is 8.57. The SMILES string of the molecule is CCCn1cc(C)n(-c2ccc(Cl)c(Cl)c2)c1=NCCCOC. The zero-order valence-corrected chi connectivity index (χ0v) is 15.4. The van der Waals surface area contributed by atoms with Crippen LogP contribution in [0.15, 0.2) is 29.4 Å². The van der Waals surface area contributed by atoms with Gasteiger partial charge in [0.1, 0.15) is 0 Å². The van der Waals surface area contributed by atoms with E-state index in [4.69, 9.17) is 32.9 Å². The normalized spacial score (nSPS) is 12.1. The van der Waals surface area contributed by atoms with Crippen molar-refractivity contribution >= 4 is 23.2 Å². The minimum Gasteiger partial charge on any atom is -0.385 e. The van der Waals surface area contributed by atoms with Crippen molar-refractivity contribution in [1.82, 2.24) is 9.13 Å². The Labute approximate surface area is 147 Å². The number of hydrogen-bond donors (Lipinski definition) is 0. The molecule has 0 aliphatic heterocycles. The summed E-state index contributed by atoms with van der Waals surface area (Å²) in [6, 6.07) is 5.66. The molecule has 0 fully saturated rings.